The van der Waals surface area contributed by atoms with Gasteiger partial charge in [0.05, 0.1) is 0 Å². The highest BCUT2D eigenvalue weighted by Crippen LogP contribution is 2.64. The third-order valence-electron chi connectivity index (χ3n) is 5.77. The number of fused-ring (bicyclic) bond motifs is 1. The highest BCUT2D eigenvalue weighted by molar-refractivity contribution is 5.93. The van der Waals surface area contributed by atoms with Gasteiger partial charge < -0.3 is 15.3 Å². The van der Waals surface area contributed by atoms with Gasteiger partial charge in [-0.25, -0.2) is 4.79 Å². The van der Waals surface area contributed by atoms with Crippen LogP contribution in [-0.4, -0.2) is 52.6 Å². The molecule has 0 spiro atoms. The molecule has 1 saturated carbocycles. The number of alkyl halides is 3. The van der Waals surface area contributed by atoms with Crippen molar-refractivity contribution in [3.05, 3.63) is 0 Å². The minimum Gasteiger partial charge on any atom is -0.480 e. The summed E-state index contributed by atoms with van der Waals surface area (Å²) in [5.41, 5.74) is -0.207. The summed E-state index contributed by atoms with van der Waals surface area (Å²) in [4.78, 5) is 36.8. The van der Waals surface area contributed by atoms with Crippen LogP contribution in [0.25, 0.3) is 0 Å². The molecular weight excluding hydrogens is 341 g/mol. The zero-order valence-corrected chi connectivity index (χ0v) is 14.6. The number of halogens is 3. The quantitative estimate of drug-likeness (QED) is 0.777. The molecule has 0 aromatic heterocycles. The first kappa shape index (κ1) is 19.5. The minimum absolute atomic E-state index is 0.00782. The van der Waals surface area contributed by atoms with E-state index >= 15 is 0 Å². The molecule has 2 rings (SSSR count). The second-order valence-corrected chi connectivity index (χ2v) is 7.56. The average molecular weight is 364 g/mol. The van der Waals surface area contributed by atoms with Gasteiger partial charge in [-0.3, -0.25) is 9.59 Å². The van der Waals surface area contributed by atoms with Gasteiger partial charge >= 0.3 is 18.1 Å². The molecule has 0 aromatic rings. The summed E-state index contributed by atoms with van der Waals surface area (Å²) in [7, 11) is 0. The fraction of sp³-hybridized carbons (Fsp3) is 0.812. The predicted molar refractivity (Wildman–Crippen MR) is 81.3 cm³/mol. The number of likely N-dealkylation sites (tertiary alicyclic amines) is 1. The van der Waals surface area contributed by atoms with Crippen LogP contribution in [0, 0.1) is 23.2 Å². The van der Waals surface area contributed by atoms with E-state index in [0.29, 0.717) is 6.42 Å². The first-order valence-electron chi connectivity index (χ1n) is 8.25. The third kappa shape index (κ3) is 3.32. The Morgan fingerprint density at radius 1 is 1.32 bits per heavy atom. The number of carboxylic acids is 1. The number of hydrogen-bond donors (Lipinski definition) is 2. The molecule has 5 atom stereocenters. The first-order chi connectivity index (χ1) is 11.3. The summed E-state index contributed by atoms with van der Waals surface area (Å²) >= 11 is 0. The Bertz CT molecular complexity index is 590. The Balaban J connectivity index is 2.22. The van der Waals surface area contributed by atoms with Crippen molar-refractivity contribution in [2.45, 2.75) is 52.4 Å². The molecule has 142 valence electrons. The number of piperidine rings is 1. The molecule has 2 fully saturated rings. The summed E-state index contributed by atoms with van der Waals surface area (Å²) < 4.78 is 37.7. The number of carboxylic acid groups (broad SMARTS) is 1. The third-order valence-corrected chi connectivity index (χ3v) is 5.77. The van der Waals surface area contributed by atoms with E-state index in [2.05, 4.69) is 0 Å². The van der Waals surface area contributed by atoms with Crippen molar-refractivity contribution in [1.82, 2.24) is 10.2 Å². The largest absolute Gasteiger partial charge is 0.480 e. The molecule has 2 aliphatic rings. The predicted octanol–water partition coefficient (Wildman–Crippen LogP) is 1.65. The average Bonchev–Trinajstić information content (AvgIpc) is 2.88. The van der Waals surface area contributed by atoms with Crippen molar-refractivity contribution >= 4 is 17.8 Å². The van der Waals surface area contributed by atoms with Crippen LogP contribution in [0.3, 0.4) is 0 Å². The summed E-state index contributed by atoms with van der Waals surface area (Å²) in [5.74, 6) is -4.89. The van der Waals surface area contributed by atoms with Gasteiger partial charge in [0.15, 0.2) is 0 Å². The van der Waals surface area contributed by atoms with E-state index in [1.807, 2.05) is 13.8 Å². The Kier molecular flexibility index (Phi) is 4.82. The Morgan fingerprint density at radius 2 is 1.88 bits per heavy atom. The number of aliphatic carboxylic acids is 1. The Hall–Kier alpha value is -1.80. The van der Waals surface area contributed by atoms with E-state index in [4.69, 9.17) is 0 Å². The van der Waals surface area contributed by atoms with Gasteiger partial charge in [0, 0.05) is 12.5 Å². The van der Waals surface area contributed by atoms with Gasteiger partial charge in [-0.15, -0.1) is 0 Å². The summed E-state index contributed by atoms with van der Waals surface area (Å²) in [6.45, 7) is 7.25. The van der Waals surface area contributed by atoms with Gasteiger partial charge in [0.25, 0.3) is 0 Å². The van der Waals surface area contributed by atoms with Gasteiger partial charge in [-0.1, -0.05) is 34.1 Å². The molecule has 0 unspecified atom stereocenters. The van der Waals surface area contributed by atoms with Crippen LogP contribution in [0.2, 0.25) is 0 Å². The van der Waals surface area contributed by atoms with E-state index in [0.717, 1.165) is 4.90 Å². The fourth-order valence-electron chi connectivity index (χ4n) is 3.88. The maximum atomic E-state index is 12.8. The zero-order valence-electron chi connectivity index (χ0n) is 14.6. The van der Waals surface area contributed by atoms with Crippen LogP contribution in [0.5, 0.6) is 0 Å². The van der Waals surface area contributed by atoms with Crippen molar-refractivity contribution < 1.29 is 32.7 Å². The second-order valence-electron chi connectivity index (χ2n) is 7.56. The highest BCUT2D eigenvalue weighted by Gasteiger charge is 2.70. The maximum Gasteiger partial charge on any atom is 0.471 e. The Labute approximate surface area is 143 Å². The molecule has 2 N–H and O–H groups in total. The van der Waals surface area contributed by atoms with Crippen molar-refractivity contribution in [3.63, 3.8) is 0 Å². The lowest BCUT2D eigenvalue weighted by atomic mass is 9.95. The van der Waals surface area contributed by atoms with Crippen LogP contribution < -0.4 is 5.32 Å². The first-order valence-corrected chi connectivity index (χ1v) is 8.25. The molecule has 0 radical (unpaired) electrons. The van der Waals surface area contributed by atoms with Crippen molar-refractivity contribution in [2.24, 2.45) is 23.2 Å². The zero-order chi connectivity index (χ0) is 19.3. The van der Waals surface area contributed by atoms with Gasteiger partial charge in [0.1, 0.15) is 12.1 Å². The van der Waals surface area contributed by atoms with Crippen LogP contribution >= 0.6 is 0 Å². The summed E-state index contributed by atoms with van der Waals surface area (Å²) in [5, 5.41) is 11.2. The van der Waals surface area contributed by atoms with Gasteiger partial charge in [-0.05, 0) is 17.3 Å². The maximum absolute atomic E-state index is 12.8. The SMILES string of the molecule is CC[C@H](C)[C@H](NC(=O)C(F)(F)F)C(=O)N1C[C@H]2[C@@H]([C@H]1C(=O)O)C2(C)C. The summed E-state index contributed by atoms with van der Waals surface area (Å²) in [6, 6.07) is -2.47. The molecule has 25 heavy (non-hydrogen) atoms. The standard InChI is InChI=1S/C16H23F3N2O4/c1-5-7(2)10(20-14(25)16(17,18)19)12(22)21-6-8-9(15(8,3)4)11(21)13(23)24/h7-11H,5-6H2,1-4H3,(H,20,25)(H,23,24)/t7-,8-,9-,10-,11-/m0/s1. The number of carbonyl (C=O) groups excluding carboxylic acids is 2. The molecule has 1 saturated heterocycles. The topological polar surface area (TPSA) is 86.7 Å². The van der Waals surface area contributed by atoms with E-state index in [1.165, 1.54) is 0 Å². The van der Waals surface area contributed by atoms with Gasteiger partial charge in [-0.2, -0.15) is 13.2 Å². The number of amides is 2. The second kappa shape index (κ2) is 6.17. The lowest BCUT2D eigenvalue weighted by Crippen LogP contribution is -2.57. The Morgan fingerprint density at radius 3 is 2.32 bits per heavy atom. The van der Waals surface area contributed by atoms with Crippen molar-refractivity contribution in [3.8, 4) is 0 Å². The van der Waals surface area contributed by atoms with Crippen molar-refractivity contribution in [1.29, 1.82) is 0 Å². The molecule has 1 aliphatic carbocycles. The lowest BCUT2D eigenvalue weighted by Gasteiger charge is -2.33. The lowest BCUT2D eigenvalue weighted by molar-refractivity contribution is -0.175. The monoisotopic (exact) mass is 364 g/mol. The number of rotatable bonds is 5. The number of nitrogens with one attached hydrogen (secondary N) is 1. The minimum atomic E-state index is -5.10. The molecule has 0 aromatic carbocycles. The number of nitrogens with zero attached hydrogens (tertiary/aromatic N) is 1. The normalized spacial score (nSPS) is 29.6. The smallest absolute Gasteiger partial charge is 0.471 e. The summed E-state index contributed by atoms with van der Waals surface area (Å²) in [6.07, 6.45) is -4.74. The number of hydrogen-bond acceptors (Lipinski definition) is 3. The van der Waals surface area contributed by atoms with E-state index in [9.17, 15) is 32.7 Å². The van der Waals surface area contributed by atoms with Crippen LogP contribution in [0.15, 0.2) is 0 Å². The van der Waals surface area contributed by atoms with E-state index < -0.39 is 42.0 Å². The molecule has 1 aliphatic heterocycles. The fourth-order valence-corrected chi connectivity index (χ4v) is 3.88. The van der Waals surface area contributed by atoms with Crippen LogP contribution in [0.1, 0.15) is 34.1 Å². The van der Waals surface area contributed by atoms with E-state index in [1.54, 1.807) is 19.2 Å². The molecule has 6 nitrogen and oxygen atoms in total. The molecule has 1 heterocycles. The van der Waals surface area contributed by atoms with Crippen LogP contribution in [0.4, 0.5) is 13.2 Å². The molecule has 9 heteroatoms. The van der Waals surface area contributed by atoms with E-state index in [-0.39, 0.29) is 23.8 Å². The van der Waals surface area contributed by atoms with Crippen molar-refractivity contribution in [2.75, 3.05) is 6.54 Å². The molecule has 0 bridgehead atoms. The van der Waals surface area contributed by atoms with Crippen LogP contribution in [-0.2, 0) is 14.4 Å². The molecular formula is C16H23F3N2O4. The van der Waals surface area contributed by atoms with Gasteiger partial charge in [0.2, 0.25) is 5.91 Å². The highest BCUT2D eigenvalue weighted by atomic mass is 19.4. The number of carbonyl (C=O) groups is 3. The molecule has 2 amide bonds.